The van der Waals surface area contributed by atoms with E-state index in [0.29, 0.717) is 22.4 Å². The number of carboxylic acids is 1. The van der Waals surface area contributed by atoms with Crippen LogP contribution in [0.1, 0.15) is 40.9 Å². The third kappa shape index (κ3) is 7.48. The molecule has 1 heterocycles. The summed E-state index contributed by atoms with van der Waals surface area (Å²) in [5.74, 6) is -3.28. The van der Waals surface area contributed by atoms with Gasteiger partial charge >= 0.3 is 12.1 Å². The number of hydrogen-bond donors (Lipinski definition) is 4. The minimum atomic E-state index is -5.08. The number of nitrogens with one attached hydrogen (secondary N) is 1. The van der Waals surface area contributed by atoms with E-state index < -0.39 is 18.1 Å². The van der Waals surface area contributed by atoms with Gasteiger partial charge in [-0.1, -0.05) is 62.4 Å². The minimum absolute atomic E-state index is 0.00600. The van der Waals surface area contributed by atoms with Crippen LogP contribution in [0.25, 0.3) is 10.9 Å². The largest absolute Gasteiger partial charge is 0.494 e. The number of amides is 1. The van der Waals surface area contributed by atoms with Crippen LogP contribution < -0.4 is 5.73 Å². The van der Waals surface area contributed by atoms with Crippen LogP contribution in [-0.2, 0) is 11.3 Å². The molecule has 0 saturated heterocycles. The normalized spacial score (nSPS) is 11.8. The number of halogens is 3. The van der Waals surface area contributed by atoms with Crippen LogP contribution in [0, 0.1) is 0 Å². The molecule has 1 aromatic heterocycles. The number of fused-ring (bicyclic) bond motifs is 1. The molecule has 0 bridgehead atoms. The highest BCUT2D eigenvalue weighted by Crippen LogP contribution is 2.32. The first-order valence-corrected chi connectivity index (χ1v) is 12.3. The lowest BCUT2D eigenvalue weighted by molar-refractivity contribution is -0.192. The Morgan fingerprint density at radius 3 is 2.17 bits per heavy atom. The van der Waals surface area contributed by atoms with Gasteiger partial charge < -0.3 is 20.9 Å². The Labute approximate surface area is 228 Å². The Hall–Kier alpha value is -4.64. The summed E-state index contributed by atoms with van der Waals surface area (Å²) in [7, 11) is 0. The summed E-state index contributed by atoms with van der Waals surface area (Å²) in [4.78, 5) is 30.8. The van der Waals surface area contributed by atoms with Crippen LogP contribution in [0.3, 0.4) is 0 Å². The number of primary amides is 1. The van der Waals surface area contributed by atoms with Crippen LogP contribution in [0.5, 0.6) is 5.88 Å². The van der Waals surface area contributed by atoms with Crippen LogP contribution in [0.2, 0.25) is 0 Å². The number of carboxylic acid groups (broad SMARTS) is 1. The maximum absolute atomic E-state index is 11.6. The van der Waals surface area contributed by atoms with Crippen molar-refractivity contribution >= 4 is 34.2 Å². The molecule has 3 aromatic carbocycles. The van der Waals surface area contributed by atoms with Gasteiger partial charge in [0.2, 0.25) is 5.91 Å². The van der Waals surface area contributed by atoms with Crippen molar-refractivity contribution in [2.75, 3.05) is 13.1 Å². The molecule has 0 saturated carbocycles. The average Bonchev–Trinajstić information content (AvgIpc) is 3.25. The number of aliphatic carboxylic acids is 1. The van der Waals surface area contributed by atoms with Gasteiger partial charge in [0, 0.05) is 28.6 Å². The van der Waals surface area contributed by atoms with Gasteiger partial charge in [-0.25, -0.2) is 9.79 Å². The van der Waals surface area contributed by atoms with Gasteiger partial charge in [-0.15, -0.1) is 0 Å². The molecule has 0 radical (unpaired) electrons. The minimum Gasteiger partial charge on any atom is -0.494 e. The van der Waals surface area contributed by atoms with Crippen molar-refractivity contribution in [1.29, 1.82) is 0 Å². The standard InChI is InChI=1S/C27H28N4O2.C2HF3O2/c1-3-31(4-2)17-18-9-8-12-21(15-18)29-25(19-10-6-5-7-11-19)24-22-14-13-20(26(28)32)16-23(22)30-27(24)33;3-2(4,5)1(6)7/h5-16,30,33H,3-4,17H2,1-2H3,(H2,28,32);(H,6,7). The predicted molar refractivity (Wildman–Crippen MR) is 147 cm³/mol. The fourth-order valence-corrected chi connectivity index (χ4v) is 4.00. The summed E-state index contributed by atoms with van der Waals surface area (Å²) < 4.78 is 31.7. The van der Waals surface area contributed by atoms with Crippen molar-refractivity contribution in [3.63, 3.8) is 0 Å². The number of benzene rings is 3. The smallest absolute Gasteiger partial charge is 0.490 e. The molecule has 11 heteroatoms. The molecule has 5 N–H and O–H groups in total. The highest BCUT2D eigenvalue weighted by molar-refractivity contribution is 6.22. The van der Waals surface area contributed by atoms with E-state index in [0.717, 1.165) is 36.3 Å². The van der Waals surface area contributed by atoms with Gasteiger partial charge in [0.1, 0.15) is 0 Å². The second kappa shape index (κ2) is 12.9. The van der Waals surface area contributed by atoms with Crippen molar-refractivity contribution in [1.82, 2.24) is 9.88 Å². The number of nitrogens with zero attached hydrogens (tertiary/aromatic N) is 2. The van der Waals surface area contributed by atoms with Gasteiger partial charge in [0.25, 0.3) is 0 Å². The van der Waals surface area contributed by atoms with E-state index in [1.807, 2.05) is 42.5 Å². The summed E-state index contributed by atoms with van der Waals surface area (Å²) in [5.41, 5.74) is 10.5. The molecule has 0 aliphatic heterocycles. The van der Waals surface area contributed by atoms with Crippen molar-refractivity contribution in [2.24, 2.45) is 10.7 Å². The number of carbonyl (C=O) groups is 2. The zero-order chi connectivity index (χ0) is 29.4. The molecular formula is C29H29F3N4O4. The van der Waals surface area contributed by atoms with Crippen molar-refractivity contribution in [2.45, 2.75) is 26.6 Å². The third-order valence-electron chi connectivity index (χ3n) is 6.04. The maximum Gasteiger partial charge on any atom is 0.490 e. The van der Waals surface area contributed by atoms with Crippen LogP contribution >= 0.6 is 0 Å². The van der Waals surface area contributed by atoms with Crippen LogP contribution in [0.15, 0.2) is 77.8 Å². The Morgan fingerprint density at radius 2 is 1.60 bits per heavy atom. The van der Waals surface area contributed by atoms with E-state index in [1.165, 1.54) is 5.56 Å². The van der Waals surface area contributed by atoms with Gasteiger partial charge in [0.05, 0.1) is 17.0 Å². The molecule has 0 aliphatic rings. The molecule has 4 aromatic rings. The summed E-state index contributed by atoms with van der Waals surface area (Å²) >= 11 is 0. The number of aromatic amines is 1. The van der Waals surface area contributed by atoms with Gasteiger partial charge in [0.15, 0.2) is 5.88 Å². The van der Waals surface area contributed by atoms with E-state index in [2.05, 4.69) is 35.9 Å². The Bertz CT molecular complexity index is 1510. The zero-order valence-corrected chi connectivity index (χ0v) is 21.9. The zero-order valence-electron chi connectivity index (χ0n) is 21.9. The highest BCUT2D eigenvalue weighted by Gasteiger charge is 2.38. The topological polar surface area (TPSA) is 132 Å². The fraction of sp³-hybridized carbons (Fsp3) is 0.207. The number of rotatable bonds is 8. The molecular weight excluding hydrogens is 525 g/mol. The van der Waals surface area contributed by atoms with E-state index in [4.69, 9.17) is 20.6 Å². The molecule has 0 aliphatic carbocycles. The first-order valence-electron chi connectivity index (χ1n) is 12.3. The first kappa shape index (κ1) is 29.9. The van der Waals surface area contributed by atoms with Crippen LogP contribution in [-0.4, -0.2) is 57.0 Å². The summed E-state index contributed by atoms with van der Waals surface area (Å²) in [6, 6.07) is 23.0. The lowest BCUT2D eigenvalue weighted by Crippen LogP contribution is -2.21. The van der Waals surface area contributed by atoms with E-state index in [-0.39, 0.29) is 5.88 Å². The average molecular weight is 555 g/mol. The van der Waals surface area contributed by atoms with E-state index in [1.54, 1.807) is 18.2 Å². The molecule has 210 valence electrons. The number of aliphatic imine (C=N–C) groups is 1. The molecule has 40 heavy (non-hydrogen) atoms. The van der Waals surface area contributed by atoms with Crippen molar-refractivity contribution < 1.29 is 33.0 Å². The molecule has 8 nitrogen and oxygen atoms in total. The molecule has 1 amide bonds. The Balaban J connectivity index is 0.000000559. The molecule has 0 spiro atoms. The van der Waals surface area contributed by atoms with Gasteiger partial charge in [-0.3, -0.25) is 9.69 Å². The van der Waals surface area contributed by atoms with Crippen molar-refractivity contribution in [3.05, 3.63) is 95.1 Å². The quantitative estimate of drug-likeness (QED) is 0.210. The van der Waals surface area contributed by atoms with E-state index >= 15 is 0 Å². The monoisotopic (exact) mass is 554 g/mol. The number of hydrogen-bond acceptors (Lipinski definition) is 5. The number of nitrogens with two attached hydrogens (primary N) is 1. The first-order chi connectivity index (χ1) is 18.9. The molecule has 0 fully saturated rings. The second-order valence-corrected chi connectivity index (χ2v) is 8.73. The second-order valence-electron chi connectivity index (χ2n) is 8.73. The molecule has 4 rings (SSSR count). The molecule has 0 unspecified atom stereocenters. The number of H-pyrrole nitrogens is 1. The summed E-state index contributed by atoms with van der Waals surface area (Å²) in [6.07, 6.45) is -5.08. The summed E-state index contributed by atoms with van der Waals surface area (Å²) in [6.45, 7) is 7.13. The van der Waals surface area contributed by atoms with E-state index in [9.17, 15) is 23.1 Å². The maximum atomic E-state index is 11.6. The number of aromatic nitrogens is 1. The van der Waals surface area contributed by atoms with Crippen molar-refractivity contribution in [3.8, 4) is 5.88 Å². The SMILES string of the molecule is CCN(CC)Cc1cccc(N=C(c2ccccc2)c2c(O)[nH]c3cc(C(N)=O)ccc23)c1.O=C(O)C(F)(F)F. The summed E-state index contributed by atoms with van der Waals surface area (Å²) in [5, 5.41) is 18.7. The third-order valence-corrected chi connectivity index (χ3v) is 6.04. The Morgan fingerprint density at radius 1 is 0.950 bits per heavy atom. The lowest BCUT2D eigenvalue weighted by atomic mass is 10.00. The highest BCUT2D eigenvalue weighted by atomic mass is 19.4. The predicted octanol–water partition coefficient (Wildman–Crippen LogP) is 5.62. The molecule has 0 atom stereocenters. The number of carbonyl (C=O) groups excluding carboxylic acids is 1. The van der Waals surface area contributed by atoms with Gasteiger partial charge in [-0.2, -0.15) is 13.2 Å². The van der Waals surface area contributed by atoms with Gasteiger partial charge in [-0.05, 0) is 42.9 Å². The Kier molecular flexibility index (Phi) is 9.68. The lowest BCUT2D eigenvalue weighted by Gasteiger charge is -2.18. The fourth-order valence-electron chi connectivity index (χ4n) is 4.00. The van der Waals surface area contributed by atoms with Crippen LogP contribution in [0.4, 0.5) is 18.9 Å². The number of aromatic hydroxyl groups is 1. The number of alkyl halides is 3.